The lowest BCUT2D eigenvalue weighted by Crippen LogP contribution is -2.32. The number of benzene rings is 3. The molecule has 0 saturated carbocycles. The van der Waals surface area contributed by atoms with Gasteiger partial charge in [-0.25, -0.2) is 12.8 Å². The minimum Gasteiger partial charge on any atom is -0.480 e. The number of nitrogens with one attached hydrogen (secondary N) is 1. The van der Waals surface area contributed by atoms with Crippen molar-refractivity contribution in [1.29, 1.82) is 0 Å². The van der Waals surface area contributed by atoms with E-state index >= 15 is 0 Å². The van der Waals surface area contributed by atoms with Crippen LogP contribution in [0.1, 0.15) is 5.56 Å². The first kappa shape index (κ1) is 24.4. The lowest BCUT2D eigenvalue weighted by molar-refractivity contribution is -0.138. The molecule has 7 nitrogen and oxygen atoms in total. The van der Waals surface area contributed by atoms with Crippen LogP contribution in [0.2, 0.25) is 0 Å². The van der Waals surface area contributed by atoms with E-state index in [9.17, 15) is 17.6 Å². The Morgan fingerprint density at radius 3 is 2.35 bits per heavy atom. The van der Waals surface area contributed by atoms with Gasteiger partial charge in [-0.05, 0) is 98.4 Å². The van der Waals surface area contributed by atoms with Gasteiger partial charge in [0.15, 0.2) is 5.75 Å². The summed E-state index contributed by atoms with van der Waals surface area (Å²) < 4.78 is 46.6. The van der Waals surface area contributed by atoms with Crippen molar-refractivity contribution in [3.05, 3.63) is 81.1 Å². The van der Waals surface area contributed by atoms with Crippen LogP contribution in [0.3, 0.4) is 0 Å². The van der Waals surface area contributed by atoms with E-state index in [0.717, 1.165) is 12.1 Å². The molecule has 11 heteroatoms. The topological polar surface area (TPSA) is 122 Å². The first-order valence-corrected chi connectivity index (χ1v) is 12.9. The van der Waals surface area contributed by atoms with Crippen LogP contribution in [0.25, 0.3) is 10.9 Å². The number of aromatic nitrogens is 1. The summed E-state index contributed by atoms with van der Waals surface area (Å²) >= 11 is 6.86. The summed E-state index contributed by atoms with van der Waals surface area (Å²) in [5, 5.41) is 9.44. The summed E-state index contributed by atoms with van der Waals surface area (Å²) in [6, 6.07) is 12.0. The molecule has 0 fully saturated rings. The molecule has 1 atom stereocenters. The van der Waals surface area contributed by atoms with Gasteiger partial charge >= 0.3 is 5.97 Å². The number of aliphatic carboxylic acids is 1. The fourth-order valence-electron chi connectivity index (χ4n) is 3.39. The van der Waals surface area contributed by atoms with E-state index < -0.39 is 27.7 Å². The van der Waals surface area contributed by atoms with Crippen molar-refractivity contribution >= 4 is 58.6 Å². The molecule has 0 aliphatic rings. The molecule has 0 aliphatic heterocycles. The largest absolute Gasteiger partial charge is 0.480 e. The van der Waals surface area contributed by atoms with Crippen LogP contribution in [0.15, 0.2) is 79.5 Å². The Morgan fingerprint density at radius 1 is 1.09 bits per heavy atom. The number of carboxylic acids is 1. The van der Waals surface area contributed by atoms with E-state index in [0.29, 0.717) is 36.9 Å². The van der Waals surface area contributed by atoms with Gasteiger partial charge < -0.3 is 20.6 Å². The number of rotatable bonds is 7. The summed E-state index contributed by atoms with van der Waals surface area (Å²) in [5.74, 6) is -0.830. The molecule has 4 N–H and O–H groups in total. The molecule has 0 saturated heterocycles. The second-order valence-electron chi connectivity index (χ2n) is 7.46. The predicted molar refractivity (Wildman–Crippen MR) is 131 cm³/mol. The number of ether oxygens (including phenoxy) is 1. The number of carboxylic acid groups (broad SMARTS) is 1. The van der Waals surface area contributed by atoms with Gasteiger partial charge in [-0.15, -0.1) is 0 Å². The summed E-state index contributed by atoms with van der Waals surface area (Å²) in [6.07, 6.45) is 1.52. The van der Waals surface area contributed by atoms with Crippen LogP contribution >= 0.6 is 31.9 Å². The highest BCUT2D eigenvalue weighted by Crippen LogP contribution is 2.39. The van der Waals surface area contributed by atoms with E-state index in [1.165, 1.54) is 18.3 Å². The number of aromatic amines is 1. The number of nitrogens with two attached hydrogens (primary N) is 1. The van der Waals surface area contributed by atoms with Gasteiger partial charge in [0.1, 0.15) is 17.6 Å². The van der Waals surface area contributed by atoms with Gasteiger partial charge in [0.25, 0.3) is 0 Å². The van der Waals surface area contributed by atoms with Crippen molar-refractivity contribution in [1.82, 2.24) is 4.98 Å². The zero-order chi connectivity index (χ0) is 24.6. The lowest BCUT2D eigenvalue weighted by Gasteiger charge is -2.13. The van der Waals surface area contributed by atoms with Crippen molar-refractivity contribution in [2.45, 2.75) is 22.3 Å². The molecule has 0 amide bonds. The smallest absolute Gasteiger partial charge is 0.320 e. The highest BCUT2D eigenvalue weighted by molar-refractivity contribution is 9.11. The second kappa shape index (κ2) is 9.49. The van der Waals surface area contributed by atoms with Crippen molar-refractivity contribution in [3.63, 3.8) is 0 Å². The quantitative estimate of drug-likeness (QED) is 0.240. The number of hydrogen-bond donors (Lipinski definition) is 3. The minimum atomic E-state index is -3.90. The first-order valence-electron chi connectivity index (χ1n) is 9.82. The van der Waals surface area contributed by atoms with Crippen molar-refractivity contribution in [2.24, 2.45) is 5.73 Å². The first-order chi connectivity index (χ1) is 16.1. The van der Waals surface area contributed by atoms with Gasteiger partial charge in [-0.1, -0.05) is 0 Å². The summed E-state index contributed by atoms with van der Waals surface area (Å²) in [4.78, 5) is 14.0. The van der Waals surface area contributed by atoms with Gasteiger partial charge in [0, 0.05) is 17.1 Å². The van der Waals surface area contributed by atoms with Crippen molar-refractivity contribution in [2.75, 3.05) is 0 Å². The van der Waals surface area contributed by atoms with E-state index in [1.54, 1.807) is 30.3 Å². The third-order valence-corrected chi connectivity index (χ3v) is 8.07. The van der Waals surface area contributed by atoms with E-state index in [1.807, 2.05) is 0 Å². The number of halogens is 3. The number of fused-ring (bicyclic) bond motifs is 1. The summed E-state index contributed by atoms with van der Waals surface area (Å²) in [6.45, 7) is 0. The standard InChI is InChI=1S/C23H17Br2FN2O5S/c24-17-7-12(9-19(27)23(29)30)8-18(25)22(17)33-14-3-6-20-16(10-14)21(11-28-20)34(31,32)15-4-1-13(26)2-5-15/h1-8,10-11,19,28H,9,27H2,(H,29,30)/t19-/m0/s1. The Bertz CT molecular complexity index is 1480. The average Bonchev–Trinajstić information content (AvgIpc) is 3.20. The molecule has 0 unspecified atom stereocenters. The van der Waals surface area contributed by atoms with Crippen LogP contribution in [-0.2, 0) is 21.1 Å². The summed E-state index contributed by atoms with van der Waals surface area (Å²) in [7, 11) is -3.90. The molecule has 0 radical (unpaired) electrons. The Kier molecular flexibility index (Phi) is 6.81. The van der Waals surface area contributed by atoms with Gasteiger partial charge in [0.05, 0.1) is 18.7 Å². The fraction of sp³-hybridized carbons (Fsp3) is 0.0870. The average molecular weight is 612 g/mol. The highest BCUT2D eigenvalue weighted by atomic mass is 79.9. The zero-order valence-electron chi connectivity index (χ0n) is 17.3. The fourth-order valence-corrected chi connectivity index (χ4v) is 6.25. The molecule has 4 aromatic rings. The van der Waals surface area contributed by atoms with Crippen LogP contribution < -0.4 is 10.5 Å². The van der Waals surface area contributed by atoms with Gasteiger partial charge in [-0.2, -0.15) is 0 Å². The molecule has 1 aromatic heterocycles. The molecule has 176 valence electrons. The molecule has 0 bridgehead atoms. The molecule has 1 heterocycles. The maximum absolute atomic E-state index is 13.3. The van der Waals surface area contributed by atoms with Gasteiger partial charge in [0.2, 0.25) is 9.84 Å². The Labute approximate surface area is 210 Å². The Morgan fingerprint density at radius 2 is 1.74 bits per heavy atom. The minimum absolute atomic E-state index is 0.0261. The van der Waals surface area contributed by atoms with E-state index in [4.69, 9.17) is 15.6 Å². The number of carbonyl (C=O) groups is 1. The zero-order valence-corrected chi connectivity index (χ0v) is 21.2. The molecule has 0 aliphatic carbocycles. The van der Waals surface area contributed by atoms with Crippen molar-refractivity contribution in [3.8, 4) is 11.5 Å². The SMILES string of the molecule is N[C@@H](Cc1cc(Br)c(Oc2ccc3[nH]cc(S(=O)(=O)c4ccc(F)cc4)c3c2)c(Br)c1)C(=O)O. The maximum Gasteiger partial charge on any atom is 0.320 e. The molecule has 34 heavy (non-hydrogen) atoms. The number of sulfone groups is 1. The monoisotopic (exact) mass is 610 g/mol. The molecule has 3 aromatic carbocycles. The Hall–Kier alpha value is -2.73. The second-order valence-corrected chi connectivity index (χ2v) is 11.1. The molecular weight excluding hydrogens is 595 g/mol. The molecule has 0 spiro atoms. The maximum atomic E-state index is 13.3. The third-order valence-electron chi connectivity index (χ3n) is 5.08. The van der Waals surface area contributed by atoms with Crippen LogP contribution in [-0.4, -0.2) is 30.5 Å². The van der Waals surface area contributed by atoms with Crippen molar-refractivity contribution < 1.29 is 27.4 Å². The number of hydrogen-bond acceptors (Lipinski definition) is 5. The van der Waals surface area contributed by atoms with Gasteiger partial charge in [-0.3, -0.25) is 4.79 Å². The predicted octanol–water partition coefficient (Wildman–Crippen LogP) is 5.41. The third kappa shape index (κ3) is 4.88. The van der Waals surface area contributed by atoms with E-state index in [2.05, 4.69) is 36.8 Å². The molecular formula is C23H17Br2FN2O5S. The Balaban J connectivity index is 1.68. The van der Waals surface area contributed by atoms with Crippen LogP contribution in [0.4, 0.5) is 4.39 Å². The number of H-pyrrole nitrogens is 1. The summed E-state index contributed by atoms with van der Waals surface area (Å²) in [5.41, 5.74) is 6.90. The van der Waals surface area contributed by atoms with Crippen LogP contribution in [0, 0.1) is 5.82 Å². The highest BCUT2D eigenvalue weighted by Gasteiger charge is 2.23. The van der Waals surface area contributed by atoms with E-state index in [-0.39, 0.29) is 16.2 Å². The normalized spacial score (nSPS) is 12.6. The van der Waals surface area contributed by atoms with Crippen LogP contribution in [0.5, 0.6) is 11.5 Å². The lowest BCUT2D eigenvalue weighted by atomic mass is 10.1. The molecule has 4 rings (SSSR count).